The first-order valence-corrected chi connectivity index (χ1v) is 8.60. The molecule has 1 heterocycles. The lowest BCUT2D eigenvalue weighted by molar-refractivity contribution is -0.139. The molecule has 0 saturated heterocycles. The SMILES string of the molecule is Cc1nc(S(=O)(=O)N[C@H](CC(C)C)C(=O)O)sc1Br. The Hall–Kier alpha value is -0.510. The molecule has 0 bridgehead atoms. The second-order valence-corrected chi connectivity index (χ2v) is 8.69. The molecule has 1 aromatic heterocycles. The minimum absolute atomic E-state index is 0.0635. The molecule has 0 aliphatic heterocycles. The lowest BCUT2D eigenvalue weighted by Crippen LogP contribution is -2.41. The van der Waals surface area contributed by atoms with E-state index in [1.165, 1.54) is 0 Å². The Labute approximate surface area is 124 Å². The maximum absolute atomic E-state index is 12.0. The van der Waals surface area contributed by atoms with Crippen LogP contribution in [0.15, 0.2) is 8.13 Å². The number of carbonyl (C=O) groups is 1. The van der Waals surface area contributed by atoms with Gasteiger partial charge in [-0.3, -0.25) is 4.79 Å². The Morgan fingerprint density at radius 3 is 2.47 bits per heavy atom. The fourth-order valence-electron chi connectivity index (χ4n) is 1.38. The van der Waals surface area contributed by atoms with E-state index in [0.29, 0.717) is 9.48 Å². The molecule has 1 atom stereocenters. The van der Waals surface area contributed by atoms with E-state index in [4.69, 9.17) is 5.11 Å². The number of nitrogens with one attached hydrogen (secondary N) is 1. The fraction of sp³-hybridized carbons (Fsp3) is 0.600. The van der Waals surface area contributed by atoms with Gasteiger partial charge < -0.3 is 5.11 Å². The lowest BCUT2D eigenvalue weighted by atomic mass is 10.1. The van der Waals surface area contributed by atoms with E-state index in [1.807, 2.05) is 13.8 Å². The first kappa shape index (κ1) is 16.5. The smallest absolute Gasteiger partial charge is 0.321 e. The standard InChI is InChI=1S/C10H15BrN2O4S2/c1-5(2)4-7(9(14)15)13-19(16,17)10-12-6(3)8(11)18-10/h5,7,13H,4H2,1-3H3,(H,14,15)/t7-/m1/s1. The van der Waals surface area contributed by atoms with Crippen molar-refractivity contribution >= 4 is 43.3 Å². The average Bonchev–Trinajstić information content (AvgIpc) is 2.58. The van der Waals surface area contributed by atoms with Crippen LogP contribution in [0, 0.1) is 12.8 Å². The molecule has 1 aromatic rings. The second-order valence-electron chi connectivity index (χ2n) is 4.48. The summed E-state index contributed by atoms with van der Waals surface area (Å²) >= 11 is 4.15. The van der Waals surface area contributed by atoms with Gasteiger partial charge in [0.2, 0.25) is 4.34 Å². The predicted molar refractivity (Wildman–Crippen MR) is 75.8 cm³/mol. The van der Waals surface area contributed by atoms with Gasteiger partial charge in [-0.2, -0.15) is 4.72 Å². The van der Waals surface area contributed by atoms with Crippen LogP contribution in [-0.2, 0) is 14.8 Å². The van der Waals surface area contributed by atoms with Gasteiger partial charge in [0.15, 0.2) is 0 Å². The summed E-state index contributed by atoms with van der Waals surface area (Å²) in [4.78, 5) is 15.0. The number of hydrogen-bond acceptors (Lipinski definition) is 5. The van der Waals surface area contributed by atoms with Crippen molar-refractivity contribution in [3.63, 3.8) is 0 Å². The van der Waals surface area contributed by atoms with E-state index in [0.717, 1.165) is 11.3 Å². The highest BCUT2D eigenvalue weighted by molar-refractivity contribution is 9.11. The molecule has 1 rings (SSSR count). The molecule has 0 aliphatic carbocycles. The number of rotatable bonds is 6. The monoisotopic (exact) mass is 370 g/mol. The number of carboxylic acids is 1. The Balaban J connectivity index is 2.97. The topological polar surface area (TPSA) is 96.4 Å². The number of nitrogens with zero attached hydrogens (tertiary/aromatic N) is 1. The number of aromatic nitrogens is 1. The summed E-state index contributed by atoms with van der Waals surface area (Å²) < 4.78 is 26.8. The Kier molecular flexibility index (Phi) is 5.48. The van der Waals surface area contributed by atoms with Gasteiger partial charge in [0.1, 0.15) is 6.04 Å². The summed E-state index contributed by atoms with van der Waals surface area (Å²) in [6, 6.07) is -1.15. The van der Waals surface area contributed by atoms with Crippen LogP contribution in [0.1, 0.15) is 26.0 Å². The quantitative estimate of drug-likeness (QED) is 0.797. The van der Waals surface area contributed by atoms with Crippen LogP contribution in [0.4, 0.5) is 0 Å². The summed E-state index contributed by atoms with van der Waals surface area (Å²) in [5.74, 6) is -1.13. The molecule has 0 aliphatic rings. The second kappa shape index (κ2) is 6.29. The number of aryl methyl sites for hydroxylation is 1. The van der Waals surface area contributed by atoms with E-state index < -0.39 is 22.0 Å². The summed E-state index contributed by atoms with van der Waals surface area (Å²) in [5.41, 5.74) is 0.557. The van der Waals surface area contributed by atoms with Gasteiger partial charge in [0.25, 0.3) is 10.0 Å². The zero-order chi connectivity index (χ0) is 14.8. The summed E-state index contributed by atoms with van der Waals surface area (Å²) in [6.45, 7) is 5.32. The zero-order valence-electron chi connectivity index (χ0n) is 10.7. The molecule has 0 amide bonds. The van der Waals surface area contributed by atoms with E-state index in [9.17, 15) is 13.2 Å². The highest BCUT2D eigenvalue weighted by atomic mass is 79.9. The van der Waals surface area contributed by atoms with Crippen LogP contribution >= 0.6 is 27.3 Å². The van der Waals surface area contributed by atoms with E-state index in [2.05, 4.69) is 25.6 Å². The van der Waals surface area contributed by atoms with Crippen molar-refractivity contribution in [1.82, 2.24) is 9.71 Å². The molecule has 0 spiro atoms. The molecule has 9 heteroatoms. The molecule has 19 heavy (non-hydrogen) atoms. The van der Waals surface area contributed by atoms with Crippen LogP contribution < -0.4 is 4.72 Å². The Morgan fingerprint density at radius 1 is 1.53 bits per heavy atom. The first-order valence-electron chi connectivity index (χ1n) is 5.51. The van der Waals surface area contributed by atoms with Crippen molar-refractivity contribution in [2.24, 2.45) is 5.92 Å². The zero-order valence-corrected chi connectivity index (χ0v) is 13.9. The minimum Gasteiger partial charge on any atom is -0.480 e. The molecule has 0 aromatic carbocycles. The van der Waals surface area contributed by atoms with Gasteiger partial charge in [-0.05, 0) is 35.2 Å². The Bertz CT molecular complexity index is 549. The number of hydrogen-bond donors (Lipinski definition) is 2. The van der Waals surface area contributed by atoms with Gasteiger partial charge in [-0.25, -0.2) is 13.4 Å². The maximum Gasteiger partial charge on any atom is 0.321 e. The summed E-state index contributed by atoms with van der Waals surface area (Å²) in [5, 5.41) is 9.04. The van der Waals surface area contributed by atoms with Crippen molar-refractivity contribution in [3.8, 4) is 0 Å². The summed E-state index contributed by atoms with van der Waals surface area (Å²) in [7, 11) is -3.91. The number of thiazole rings is 1. The van der Waals surface area contributed by atoms with Crippen molar-refractivity contribution in [1.29, 1.82) is 0 Å². The molecule has 0 saturated carbocycles. The van der Waals surface area contributed by atoms with Gasteiger partial charge in [-0.15, -0.1) is 0 Å². The highest BCUT2D eigenvalue weighted by Gasteiger charge is 2.28. The van der Waals surface area contributed by atoms with Crippen molar-refractivity contribution < 1.29 is 18.3 Å². The summed E-state index contributed by atoms with van der Waals surface area (Å²) in [6.07, 6.45) is 0.222. The molecule has 2 N–H and O–H groups in total. The molecule has 6 nitrogen and oxygen atoms in total. The molecule has 0 unspecified atom stereocenters. The third-order valence-corrected chi connectivity index (χ3v) is 6.11. The normalized spacial score (nSPS) is 13.7. The van der Waals surface area contributed by atoms with E-state index in [-0.39, 0.29) is 16.7 Å². The van der Waals surface area contributed by atoms with Crippen LogP contribution in [0.2, 0.25) is 0 Å². The molecular formula is C10H15BrN2O4S2. The Morgan fingerprint density at radius 2 is 2.11 bits per heavy atom. The van der Waals surface area contributed by atoms with Gasteiger partial charge in [0, 0.05) is 0 Å². The first-order chi connectivity index (χ1) is 8.63. The largest absolute Gasteiger partial charge is 0.480 e. The van der Waals surface area contributed by atoms with Crippen LogP contribution in [0.3, 0.4) is 0 Å². The minimum atomic E-state index is -3.91. The molecule has 108 valence electrons. The third kappa shape index (κ3) is 4.51. The predicted octanol–water partition coefficient (Wildman–Crippen LogP) is 1.99. The van der Waals surface area contributed by atoms with Crippen molar-refractivity contribution in [2.45, 2.75) is 37.6 Å². The third-order valence-electron chi connectivity index (χ3n) is 2.25. The average molecular weight is 371 g/mol. The molecule has 0 fully saturated rings. The number of carboxylic acid groups (broad SMARTS) is 1. The van der Waals surface area contributed by atoms with Crippen LogP contribution in [0.25, 0.3) is 0 Å². The van der Waals surface area contributed by atoms with Crippen molar-refractivity contribution in [2.75, 3.05) is 0 Å². The van der Waals surface area contributed by atoms with Crippen molar-refractivity contribution in [3.05, 3.63) is 9.48 Å². The number of halogens is 1. The van der Waals surface area contributed by atoms with Crippen LogP contribution in [-0.4, -0.2) is 30.5 Å². The highest BCUT2D eigenvalue weighted by Crippen LogP contribution is 2.27. The van der Waals surface area contributed by atoms with Crippen LogP contribution in [0.5, 0.6) is 0 Å². The molecule has 0 radical (unpaired) electrons. The number of sulfonamides is 1. The van der Waals surface area contributed by atoms with E-state index >= 15 is 0 Å². The maximum atomic E-state index is 12.0. The fourth-order valence-corrected chi connectivity index (χ4v) is 4.54. The van der Waals surface area contributed by atoms with Gasteiger partial charge >= 0.3 is 5.97 Å². The lowest BCUT2D eigenvalue weighted by Gasteiger charge is -2.15. The molecular weight excluding hydrogens is 356 g/mol. The van der Waals surface area contributed by atoms with E-state index in [1.54, 1.807) is 6.92 Å². The van der Waals surface area contributed by atoms with Gasteiger partial charge in [-0.1, -0.05) is 25.2 Å². The van der Waals surface area contributed by atoms with Gasteiger partial charge in [0.05, 0.1) is 9.48 Å². The number of aliphatic carboxylic acids is 1.